The van der Waals surface area contributed by atoms with E-state index in [0.29, 0.717) is 17.2 Å². The lowest BCUT2D eigenvalue weighted by Crippen LogP contribution is -2.28. The van der Waals surface area contributed by atoms with Crippen LogP contribution in [0.1, 0.15) is 24.1 Å². The van der Waals surface area contributed by atoms with Gasteiger partial charge in [-0.15, -0.1) is 11.3 Å². The fraction of sp³-hybridized carbons (Fsp3) is 0.179. The first kappa shape index (κ1) is 21.9. The second-order valence-corrected chi connectivity index (χ2v) is 10.8. The molecule has 0 atom stereocenters. The number of hydrogen-bond acceptors (Lipinski definition) is 6. The third-order valence-electron chi connectivity index (χ3n) is 7.00. The van der Waals surface area contributed by atoms with Crippen LogP contribution in [0.15, 0.2) is 61.1 Å². The number of hydrogen-bond donors (Lipinski definition) is 3. The highest BCUT2D eigenvalue weighted by Crippen LogP contribution is 2.35. The summed E-state index contributed by atoms with van der Waals surface area (Å²) >= 11 is 1.75. The number of anilines is 1. The summed E-state index contributed by atoms with van der Waals surface area (Å²) < 4.78 is 0. The van der Waals surface area contributed by atoms with E-state index >= 15 is 0 Å². The van der Waals surface area contributed by atoms with Crippen molar-refractivity contribution in [2.75, 3.05) is 5.32 Å². The number of pyridine rings is 2. The van der Waals surface area contributed by atoms with Crippen LogP contribution in [0.5, 0.6) is 0 Å². The molecule has 5 heterocycles. The zero-order chi connectivity index (χ0) is 24.9. The fourth-order valence-corrected chi connectivity index (χ4v) is 5.66. The van der Waals surface area contributed by atoms with E-state index in [0.717, 1.165) is 58.1 Å². The van der Waals surface area contributed by atoms with Crippen molar-refractivity contribution in [3.8, 4) is 33.1 Å². The number of carbonyl (C=O) groups is 1. The molecule has 1 fully saturated rings. The Kier molecular flexibility index (Phi) is 5.10. The molecule has 37 heavy (non-hydrogen) atoms. The normalized spacial score (nSPS) is 13.8. The Hall–Kier alpha value is -4.37. The van der Waals surface area contributed by atoms with E-state index < -0.39 is 0 Å². The molecular formula is C28H23N7OS. The number of thiophene rings is 1. The lowest BCUT2D eigenvalue weighted by atomic mass is 9.85. The van der Waals surface area contributed by atoms with E-state index in [1.54, 1.807) is 29.9 Å². The Labute approximate surface area is 216 Å². The Morgan fingerprint density at radius 1 is 1.08 bits per heavy atom. The number of nitrogens with one attached hydrogen (secondary N) is 3. The van der Waals surface area contributed by atoms with Crippen molar-refractivity contribution in [3.05, 3.63) is 65.9 Å². The van der Waals surface area contributed by atoms with Gasteiger partial charge in [-0.2, -0.15) is 5.10 Å². The van der Waals surface area contributed by atoms with Crippen molar-refractivity contribution in [1.82, 2.24) is 30.1 Å². The summed E-state index contributed by atoms with van der Waals surface area (Å²) in [4.78, 5) is 31.9. The summed E-state index contributed by atoms with van der Waals surface area (Å²) in [7, 11) is 0. The molecule has 1 aliphatic rings. The summed E-state index contributed by atoms with van der Waals surface area (Å²) in [5.41, 5.74) is 6.87. The second-order valence-electron chi connectivity index (χ2n) is 9.46. The molecule has 6 aromatic rings. The standard InChI is InChI=1S/C28H23N7OS/c1-15-5-8-23(37-15)20-9-10-30-26-24(20)32-27(33-26)25-21-12-17(6-7-22(21)34-35-25)18-11-19(14-29-13-18)31-28(36)16-3-2-4-16/h5-14,16H,2-4H2,1H3,(H,31,36)(H,34,35)(H,30,32,33). The zero-order valence-electron chi connectivity index (χ0n) is 20.1. The van der Waals surface area contributed by atoms with E-state index in [2.05, 4.69) is 55.6 Å². The van der Waals surface area contributed by atoms with Gasteiger partial charge in [0.2, 0.25) is 5.91 Å². The van der Waals surface area contributed by atoms with Crippen LogP contribution in [0, 0.1) is 12.8 Å². The summed E-state index contributed by atoms with van der Waals surface area (Å²) in [6.45, 7) is 2.10. The van der Waals surface area contributed by atoms with Crippen LogP contribution < -0.4 is 5.32 Å². The van der Waals surface area contributed by atoms with Crippen molar-refractivity contribution >= 4 is 45.0 Å². The smallest absolute Gasteiger partial charge is 0.227 e. The third kappa shape index (κ3) is 3.88. The predicted molar refractivity (Wildman–Crippen MR) is 146 cm³/mol. The van der Waals surface area contributed by atoms with Gasteiger partial charge in [0.1, 0.15) is 5.69 Å². The third-order valence-corrected chi connectivity index (χ3v) is 8.03. The van der Waals surface area contributed by atoms with Gasteiger partial charge in [-0.05, 0) is 61.7 Å². The number of fused-ring (bicyclic) bond motifs is 2. The molecule has 0 bridgehead atoms. The summed E-state index contributed by atoms with van der Waals surface area (Å²) in [6, 6.07) is 14.3. The van der Waals surface area contributed by atoms with Crippen LogP contribution in [0.2, 0.25) is 0 Å². The van der Waals surface area contributed by atoms with Crippen LogP contribution >= 0.6 is 11.3 Å². The average molecular weight is 506 g/mol. The molecule has 1 amide bonds. The number of benzene rings is 1. The van der Waals surface area contributed by atoms with Crippen LogP contribution in [-0.4, -0.2) is 36.0 Å². The number of imidazole rings is 1. The van der Waals surface area contributed by atoms with Crippen molar-refractivity contribution in [2.24, 2.45) is 5.92 Å². The highest BCUT2D eigenvalue weighted by atomic mass is 32.1. The molecule has 9 heteroatoms. The maximum Gasteiger partial charge on any atom is 0.227 e. The van der Waals surface area contributed by atoms with Gasteiger partial charge in [0.05, 0.1) is 22.9 Å². The lowest BCUT2D eigenvalue weighted by molar-refractivity contribution is -0.122. The molecule has 8 nitrogen and oxygen atoms in total. The highest BCUT2D eigenvalue weighted by Gasteiger charge is 2.25. The van der Waals surface area contributed by atoms with E-state index in [-0.39, 0.29) is 11.8 Å². The Morgan fingerprint density at radius 3 is 2.81 bits per heavy atom. The summed E-state index contributed by atoms with van der Waals surface area (Å²) in [5.74, 6) is 0.857. The van der Waals surface area contributed by atoms with Gasteiger partial charge in [-0.25, -0.2) is 9.97 Å². The number of H-pyrrole nitrogens is 2. The molecular weight excluding hydrogens is 482 g/mol. The summed E-state index contributed by atoms with van der Waals surface area (Å²) in [5, 5.41) is 11.7. The van der Waals surface area contributed by atoms with Gasteiger partial charge in [-0.3, -0.25) is 14.9 Å². The molecule has 182 valence electrons. The Bertz CT molecular complexity index is 1790. The lowest BCUT2D eigenvalue weighted by Gasteiger charge is -2.24. The number of nitrogens with zero attached hydrogens (tertiary/aromatic N) is 4. The molecule has 5 aromatic heterocycles. The molecule has 1 aliphatic carbocycles. The topological polar surface area (TPSA) is 112 Å². The molecule has 0 aliphatic heterocycles. The van der Waals surface area contributed by atoms with Crippen molar-refractivity contribution < 1.29 is 4.79 Å². The molecule has 7 rings (SSSR count). The predicted octanol–water partition coefficient (Wildman–Crippen LogP) is 6.34. The Morgan fingerprint density at radius 2 is 2.00 bits per heavy atom. The number of amides is 1. The van der Waals surface area contributed by atoms with E-state index in [9.17, 15) is 4.79 Å². The maximum atomic E-state index is 12.4. The van der Waals surface area contributed by atoms with Gasteiger partial charge < -0.3 is 10.3 Å². The highest BCUT2D eigenvalue weighted by molar-refractivity contribution is 7.15. The molecule has 3 N–H and O–H groups in total. The van der Waals surface area contributed by atoms with E-state index in [4.69, 9.17) is 4.98 Å². The monoisotopic (exact) mass is 505 g/mol. The quantitative estimate of drug-likeness (QED) is 0.253. The van der Waals surface area contributed by atoms with Gasteiger partial charge in [-0.1, -0.05) is 12.5 Å². The first-order valence-corrected chi connectivity index (χ1v) is 13.1. The molecule has 0 spiro atoms. The Balaban J connectivity index is 1.26. The number of aryl methyl sites for hydroxylation is 1. The molecule has 0 unspecified atom stereocenters. The van der Waals surface area contributed by atoms with E-state index in [1.165, 1.54) is 9.75 Å². The van der Waals surface area contributed by atoms with Crippen LogP contribution in [0.3, 0.4) is 0 Å². The minimum absolute atomic E-state index is 0.0772. The number of aromatic amines is 2. The van der Waals surface area contributed by atoms with E-state index in [1.807, 2.05) is 24.3 Å². The van der Waals surface area contributed by atoms with Gasteiger partial charge in [0.15, 0.2) is 11.5 Å². The number of aromatic nitrogens is 6. The SMILES string of the molecule is Cc1ccc(-c2ccnc3nc(-c4n[nH]c5ccc(-c6cncc(NC(=O)C7CCC7)c6)cc45)[nH]c23)s1. The largest absolute Gasteiger partial charge is 0.335 e. The molecule has 0 radical (unpaired) electrons. The van der Waals surface area contributed by atoms with Gasteiger partial charge in [0, 0.05) is 44.6 Å². The second kappa shape index (κ2) is 8.63. The average Bonchev–Trinajstić information content (AvgIpc) is 3.60. The van der Waals surface area contributed by atoms with Gasteiger partial charge >= 0.3 is 0 Å². The minimum Gasteiger partial charge on any atom is -0.335 e. The van der Waals surface area contributed by atoms with Crippen molar-refractivity contribution in [2.45, 2.75) is 26.2 Å². The van der Waals surface area contributed by atoms with Crippen molar-refractivity contribution in [1.29, 1.82) is 0 Å². The first-order valence-electron chi connectivity index (χ1n) is 12.3. The number of carbonyl (C=O) groups excluding carboxylic acids is 1. The van der Waals surface area contributed by atoms with Crippen molar-refractivity contribution in [3.63, 3.8) is 0 Å². The zero-order valence-corrected chi connectivity index (χ0v) is 20.9. The fourth-order valence-electron chi connectivity index (χ4n) is 4.76. The van der Waals surface area contributed by atoms with Crippen LogP contribution in [0.4, 0.5) is 5.69 Å². The minimum atomic E-state index is 0.0772. The van der Waals surface area contributed by atoms with Gasteiger partial charge in [0.25, 0.3) is 0 Å². The molecule has 1 aromatic carbocycles. The molecule has 0 saturated heterocycles. The molecule has 1 saturated carbocycles. The first-order chi connectivity index (χ1) is 18.1. The summed E-state index contributed by atoms with van der Waals surface area (Å²) in [6.07, 6.45) is 8.34. The van der Waals surface area contributed by atoms with Crippen LogP contribution in [0.25, 0.3) is 55.2 Å². The van der Waals surface area contributed by atoms with Crippen LogP contribution in [-0.2, 0) is 4.79 Å². The maximum absolute atomic E-state index is 12.4. The number of rotatable bonds is 5.